The van der Waals surface area contributed by atoms with Crippen molar-refractivity contribution in [3.8, 4) is 11.5 Å². The first kappa shape index (κ1) is 16.6. The van der Waals surface area contributed by atoms with E-state index in [1.54, 1.807) is 0 Å². The number of carboxylic acid groups (broad SMARTS) is 1. The number of nitrogens with one attached hydrogen (secondary N) is 1. The van der Waals surface area contributed by atoms with Crippen LogP contribution in [-0.2, 0) is 19.1 Å². The van der Waals surface area contributed by atoms with Gasteiger partial charge in [-0.25, -0.2) is 14.4 Å². The molecular weight excluding hydrogens is 334 g/mol. The minimum Gasteiger partial charge on any atom is -0.486 e. The molecule has 0 radical (unpaired) electrons. The Bertz CT molecular complexity index is 774. The molecule has 1 aromatic carbocycles. The van der Waals surface area contributed by atoms with E-state index in [2.05, 4.69) is 5.32 Å². The third kappa shape index (κ3) is 3.35. The zero-order chi connectivity index (χ0) is 18.2. The quantitative estimate of drug-likeness (QED) is 0.472. The summed E-state index contributed by atoms with van der Waals surface area (Å²) in [5, 5.41) is 12.0. The first-order valence-corrected chi connectivity index (χ1v) is 7.37. The number of carbonyl (C=O) groups excluding carboxylic acids is 2. The van der Waals surface area contributed by atoms with Crippen molar-refractivity contribution in [2.45, 2.75) is 19.6 Å². The molecule has 132 valence electrons. The van der Waals surface area contributed by atoms with Crippen molar-refractivity contribution in [3.63, 3.8) is 0 Å². The lowest BCUT2D eigenvalue weighted by atomic mass is 10.1. The molecule has 3 rings (SSSR count). The second kappa shape index (κ2) is 6.00. The molecule has 2 N–H and O–H groups in total. The molecule has 0 atom stereocenters. The van der Waals surface area contributed by atoms with Gasteiger partial charge in [-0.3, -0.25) is 0 Å². The van der Waals surface area contributed by atoms with Crippen LogP contribution >= 0.6 is 0 Å². The lowest BCUT2D eigenvalue weighted by Crippen LogP contribution is -2.42. The molecular formula is C16H15NO8. The van der Waals surface area contributed by atoms with E-state index >= 15 is 0 Å². The van der Waals surface area contributed by atoms with E-state index in [0.717, 1.165) is 6.20 Å². The Hall–Kier alpha value is -3.23. The second-order valence-corrected chi connectivity index (χ2v) is 5.73. The maximum Gasteiger partial charge on any atom is 0.350 e. The largest absolute Gasteiger partial charge is 0.486 e. The highest BCUT2D eigenvalue weighted by molar-refractivity contribution is 6.15. The molecule has 0 amide bonds. The average molecular weight is 349 g/mol. The molecule has 0 unspecified atom stereocenters. The number of hydrogen-bond acceptors (Lipinski definition) is 8. The number of carboxylic acids is 1. The van der Waals surface area contributed by atoms with Crippen LogP contribution in [0.5, 0.6) is 11.5 Å². The Balaban J connectivity index is 1.91. The van der Waals surface area contributed by atoms with Crippen LogP contribution in [0.4, 0.5) is 5.69 Å². The third-order valence-electron chi connectivity index (χ3n) is 3.40. The zero-order valence-corrected chi connectivity index (χ0v) is 13.5. The van der Waals surface area contributed by atoms with Gasteiger partial charge in [-0.15, -0.1) is 0 Å². The summed E-state index contributed by atoms with van der Waals surface area (Å²) in [5.74, 6) is -3.65. The van der Waals surface area contributed by atoms with Gasteiger partial charge in [0.15, 0.2) is 17.1 Å². The summed E-state index contributed by atoms with van der Waals surface area (Å²) < 4.78 is 20.7. The van der Waals surface area contributed by atoms with Crippen LogP contribution in [0.15, 0.2) is 23.9 Å². The SMILES string of the molecule is CC1(C)OC(=O)C(=CNc2cc3c(cc2C(=O)O)OCCO3)C(=O)O1. The number of ether oxygens (including phenoxy) is 4. The Morgan fingerprint density at radius 3 is 2.24 bits per heavy atom. The monoisotopic (exact) mass is 349 g/mol. The van der Waals surface area contributed by atoms with Gasteiger partial charge >= 0.3 is 17.9 Å². The molecule has 9 nitrogen and oxygen atoms in total. The number of anilines is 1. The number of aromatic carboxylic acids is 1. The molecule has 1 aromatic rings. The molecule has 0 saturated carbocycles. The Labute approximate surface area is 142 Å². The smallest absolute Gasteiger partial charge is 0.350 e. The topological polar surface area (TPSA) is 120 Å². The van der Waals surface area contributed by atoms with Crippen LogP contribution in [0.1, 0.15) is 24.2 Å². The summed E-state index contributed by atoms with van der Waals surface area (Å²) in [6, 6.07) is 2.72. The minimum atomic E-state index is -1.35. The van der Waals surface area contributed by atoms with Crippen molar-refractivity contribution in [1.29, 1.82) is 0 Å². The predicted molar refractivity (Wildman–Crippen MR) is 82.4 cm³/mol. The van der Waals surface area contributed by atoms with Crippen LogP contribution in [0.2, 0.25) is 0 Å². The highest BCUT2D eigenvalue weighted by Crippen LogP contribution is 2.36. The molecule has 1 fully saturated rings. The average Bonchev–Trinajstić information content (AvgIpc) is 2.52. The van der Waals surface area contributed by atoms with E-state index < -0.39 is 23.7 Å². The number of esters is 2. The van der Waals surface area contributed by atoms with Gasteiger partial charge in [-0.05, 0) is 0 Å². The van der Waals surface area contributed by atoms with E-state index in [4.69, 9.17) is 18.9 Å². The van der Waals surface area contributed by atoms with Crippen molar-refractivity contribution >= 4 is 23.6 Å². The van der Waals surface area contributed by atoms with Crippen LogP contribution in [0.3, 0.4) is 0 Å². The number of carbonyl (C=O) groups is 3. The Kier molecular flexibility index (Phi) is 3.99. The second-order valence-electron chi connectivity index (χ2n) is 5.73. The number of rotatable bonds is 3. The number of cyclic esters (lactones) is 2. The highest BCUT2D eigenvalue weighted by Gasteiger charge is 2.39. The summed E-state index contributed by atoms with van der Waals surface area (Å²) in [7, 11) is 0. The fourth-order valence-corrected chi connectivity index (χ4v) is 2.31. The first-order chi connectivity index (χ1) is 11.8. The third-order valence-corrected chi connectivity index (χ3v) is 3.40. The normalized spacial score (nSPS) is 18.1. The molecule has 2 aliphatic heterocycles. The molecule has 1 saturated heterocycles. The van der Waals surface area contributed by atoms with E-state index in [1.165, 1.54) is 26.0 Å². The molecule has 9 heteroatoms. The Morgan fingerprint density at radius 2 is 1.68 bits per heavy atom. The molecule has 0 aliphatic carbocycles. The van der Waals surface area contributed by atoms with Gasteiger partial charge in [0.1, 0.15) is 13.2 Å². The number of fused-ring (bicyclic) bond motifs is 1. The number of benzene rings is 1. The van der Waals surface area contributed by atoms with E-state index in [9.17, 15) is 19.5 Å². The molecule has 0 spiro atoms. The van der Waals surface area contributed by atoms with Crippen molar-refractivity contribution in [1.82, 2.24) is 0 Å². The van der Waals surface area contributed by atoms with Crippen molar-refractivity contribution in [3.05, 3.63) is 29.5 Å². The lowest BCUT2D eigenvalue weighted by molar-refractivity contribution is -0.222. The van der Waals surface area contributed by atoms with Crippen LogP contribution in [0.25, 0.3) is 0 Å². The molecule has 0 bridgehead atoms. The lowest BCUT2D eigenvalue weighted by Gasteiger charge is -2.29. The predicted octanol–water partition coefficient (Wildman–Crippen LogP) is 1.29. The van der Waals surface area contributed by atoms with Gasteiger partial charge in [0.2, 0.25) is 0 Å². The molecule has 0 aromatic heterocycles. The summed E-state index contributed by atoms with van der Waals surface area (Å²) in [6.45, 7) is 3.50. The molecule has 25 heavy (non-hydrogen) atoms. The Morgan fingerprint density at radius 1 is 1.12 bits per heavy atom. The standard InChI is InChI=1S/C16H15NO8/c1-16(2)24-14(20)9(15(21)25-16)7-17-10-6-12-11(22-3-4-23-12)5-8(10)13(18)19/h5-7,17H,3-4H2,1-2H3,(H,18,19). The van der Waals surface area contributed by atoms with Gasteiger partial charge in [0, 0.05) is 32.2 Å². The van der Waals surface area contributed by atoms with Gasteiger partial charge in [-0.1, -0.05) is 0 Å². The van der Waals surface area contributed by atoms with Crippen molar-refractivity contribution < 1.29 is 38.4 Å². The van der Waals surface area contributed by atoms with E-state index in [0.29, 0.717) is 24.7 Å². The summed E-state index contributed by atoms with van der Waals surface area (Å²) in [5.41, 5.74) is -0.376. The van der Waals surface area contributed by atoms with Gasteiger partial charge in [0.25, 0.3) is 5.79 Å². The fraction of sp³-hybridized carbons (Fsp3) is 0.312. The maximum atomic E-state index is 11.9. The summed E-state index contributed by atoms with van der Waals surface area (Å²) in [6.07, 6.45) is 1.04. The molecule has 2 aliphatic rings. The summed E-state index contributed by atoms with van der Waals surface area (Å²) in [4.78, 5) is 35.2. The highest BCUT2D eigenvalue weighted by atomic mass is 16.7. The van der Waals surface area contributed by atoms with Gasteiger partial charge < -0.3 is 29.4 Å². The fourth-order valence-electron chi connectivity index (χ4n) is 2.31. The van der Waals surface area contributed by atoms with Crippen molar-refractivity contribution in [2.75, 3.05) is 18.5 Å². The van der Waals surface area contributed by atoms with Crippen LogP contribution in [0, 0.1) is 0 Å². The molecule has 2 heterocycles. The van der Waals surface area contributed by atoms with Gasteiger partial charge in [-0.2, -0.15) is 0 Å². The first-order valence-electron chi connectivity index (χ1n) is 7.37. The van der Waals surface area contributed by atoms with Crippen LogP contribution < -0.4 is 14.8 Å². The minimum absolute atomic E-state index is 0.112. The van der Waals surface area contributed by atoms with Gasteiger partial charge in [0.05, 0.1) is 11.3 Å². The van der Waals surface area contributed by atoms with E-state index in [-0.39, 0.29) is 16.8 Å². The van der Waals surface area contributed by atoms with E-state index in [1.807, 2.05) is 0 Å². The van der Waals surface area contributed by atoms with Crippen molar-refractivity contribution in [2.24, 2.45) is 0 Å². The number of hydrogen-bond donors (Lipinski definition) is 2. The maximum absolute atomic E-state index is 11.9. The van der Waals surface area contributed by atoms with Crippen LogP contribution in [-0.4, -0.2) is 42.0 Å². The zero-order valence-electron chi connectivity index (χ0n) is 13.5. The summed E-state index contributed by atoms with van der Waals surface area (Å²) >= 11 is 0.